The first-order valence-electron chi connectivity index (χ1n) is 12.6. The van der Waals surface area contributed by atoms with Gasteiger partial charge in [0.15, 0.2) is 0 Å². The lowest BCUT2D eigenvalue weighted by Gasteiger charge is -2.47. The third-order valence-corrected chi connectivity index (χ3v) is 7.31. The number of carbonyl (C=O) groups excluding carboxylic acids is 1. The molecule has 6 nitrogen and oxygen atoms in total. The molecule has 4 rings (SSSR count). The van der Waals surface area contributed by atoms with E-state index in [0.717, 1.165) is 69.4 Å². The van der Waals surface area contributed by atoms with Crippen LogP contribution >= 0.6 is 0 Å². The van der Waals surface area contributed by atoms with Crippen molar-refractivity contribution in [3.8, 4) is 11.5 Å². The van der Waals surface area contributed by atoms with Gasteiger partial charge >= 0.3 is 6.03 Å². The van der Waals surface area contributed by atoms with E-state index >= 15 is 0 Å². The van der Waals surface area contributed by atoms with Gasteiger partial charge in [-0.15, -0.1) is 0 Å². The summed E-state index contributed by atoms with van der Waals surface area (Å²) in [6, 6.07) is 15.9. The van der Waals surface area contributed by atoms with E-state index in [2.05, 4.69) is 48.3 Å². The molecular formula is C28H39N3O3. The van der Waals surface area contributed by atoms with Gasteiger partial charge in [0.05, 0.1) is 13.7 Å². The minimum absolute atomic E-state index is 0.00421. The Labute approximate surface area is 204 Å². The van der Waals surface area contributed by atoms with Gasteiger partial charge in [0.25, 0.3) is 0 Å². The molecule has 0 atom stereocenters. The fraction of sp³-hybridized carbons (Fsp3) is 0.536. The lowest BCUT2D eigenvalue weighted by atomic mass is 9.71. The van der Waals surface area contributed by atoms with E-state index < -0.39 is 0 Å². The van der Waals surface area contributed by atoms with E-state index in [1.807, 2.05) is 29.2 Å². The van der Waals surface area contributed by atoms with E-state index in [0.29, 0.717) is 11.3 Å². The van der Waals surface area contributed by atoms with E-state index in [-0.39, 0.29) is 6.03 Å². The van der Waals surface area contributed by atoms with Gasteiger partial charge in [0, 0.05) is 30.9 Å². The van der Waals surface area contributed by atoms with Gasteiger partial charge < -0.3 is 19.7 Å². The van der Waals surface area contributed by atoms with Crippen LogP contribution in [0.4, 0.5) is 10.5 Å². The first kappa shape index (κ1) is 24.4. The van der Waals surface area contributed by atoms with Crippen LogP contribution in [0.5, 0.6) is 11.5 Å². The molecule has 34 heavy (non-hydrogen) atoms. The Kier molecular flexibility index (Phi) is 7.99. The van der Waals surface area contributed by atoms with E-state index in [1.54, 1.807) is 7.11 Å². The number of nitrogens with zero attached hydrogens (tertiary/aromatic N) is 2. The molecule has 2 saturated heterocycles. The van der Waals surface area contributed by atoms with Crippen molar-refractivity contribution in [2.24, 2.45) is 11.3 Å². The summed E-state index contributed by atoms with van der Waals surface area (Å²) in [6.07, 6.45) is 4.59. The van der Waals surface area contributed by atoms with Crippen LogP contribution in [0.2, 0.25) is 0 Å². The smallest absolute Gasteiger partial charge is 0.321 e. The number of benzene rings is 2. The third kappa shape index (κ3) is 6.23. The molecule has 0 radical (unpaired) electrons. The number of urea groups is 1. The minimum atomic E-state index is -0.00421. The maximum Gasteiger partial charge on any atom is 0.321 e. The third-order valence-electron chi connectivity index (χ3n) is 7.31. The zero-order valence-corrected chi connectivity index (χ0v) is 20.9. The molecule has 2 heterocycles. The van der Waals surface area contributed by atoms with Crippen LogP contribution in [0.15, 0.2) is 48.5 Å². The summed E-state index contributed by atoms with van der Waals surface area (Å²) in [5, 5.41) is 3.02. The van der Waals surface area contributed by atoms with Crippen LogP contribution in [0.25, 0.3) is 0 Å². The number of piperidine rings is 2. The number of methoxy groups -OCH3 is 1. The number of ether oxygens (including phenoxy) is 2. The van der Waals surface area contributed by atoms with Crippen molar-refractivity contribution < 1.29 is 14.3 Å². The van der Waals surface area contributed by atoms with Crippen molar-refractivity contribution in [2.45, 2.75) is 46.1 Å². The molecular weight excluding hydrogens is 426 g/mol. The average molecular weight is 466 g/mol. The van der Waals surface area contributed by atoms with Crippen LogP contribution in [0.1, 0.15) is 45.1 Å². The SMILES string of the molecule is COc1ccc(NC(=O)N2CCC3(CCN(Cc4ccccc4OCC(C)C)CC3)CC2)cc1. The summed E-state index contributed by atoms with van der Waals surface area (Å²) in [7, 11) is 1.64. The fourth-order valence-electron chi connectivity index (χ4n) is 5.02. The van der Waals surface area contributed by atoms with Crippen LogP contribution in [-0.2, 0) is 6.54 Å². The largest absolute Gasteiger partial charge is 0.497 e. The monoisotopic (exact) mass is 465 g/mol. The van der Waals surface area contributed by atoms with Crippen molar-refractivity contribution >= 4 is 11.7 Å². The summed E-state index contributed by atoms with van der Waals surface area (Å²) in [6.45, 7) is 9.93. The number of hydrogen-bond acceptors (Lipinski definition) is 4. The number of para-hydroxylation sites is 1. The van der Waals surface area contributed by atoms with E-state index in [4.69, 9.17) is 9.47 Å². The number of nitrogens with one attached hydrogen (secondary N) is 1. The molecule has 1 N–H and O–H groups in total. The lowest BCUT2D eigenvalue weighted by Crippen LogP contribution is -2.49. The van der Waals surface area contributed by atoms with Gasteiger partial charge in [0.1, 0.15) is 11.5 Å². The molecule has 2 aliphatic heterocycles. The molecule has 2 fully saturated rings. The van der Waals surface area contributed by atoms with Crippen LogP contribution in [0, 0.1) is 11.3 Å². The van der Waals surface area contributed by atoms with Crippen LogP contribution in [-0.4, -0.2) is 55.7 Å². The summed E-state index contributed by atoms with van der Waals surface area (Å²) in [5.41, 5.74) is 2.46. The standard InChI is InChI=1S/C28H39N3O3/c1-22(2)21-34-26-7-5-4-6-23(26)20-30-16-12-28(13-17-30)14-18-31(19-15-28)27(32)29-24-8-10-25(33-3)11-9-24/h4-11,22H,12-21H2,1-3H3,(H,29,32). The second-order valence-electron chi connectivity index (χ2n) is 10.2. The Balaban J connectivity index is 1.24. The maximum atomic E-state index is 12.7. The van der Waals surface area contributed by atoms with Crippen LogP contribution in [0.3, 0.4) is 0 Å². The lowest BCUT2D eigenvalue weighted by molar-refractivity contribution is 0.0439. The summed E-state index contributed by atoms with van der Waals surface area (Å²) < 4.78 is 11.2. The zero-order chi connectivity index (χ0) is 24.0. The second kappa shape index (κ2) is 11.1. The van der Waals surface area contributed by atoms with Crippen molar-refractivity contribution in [1.29, 1.82) is 0 Å². The highest BCUT2D eigenvalue weighted by molar-refractivity contribution is 5.89. The molecule has 0 saturated carbocycles. The average Bonchev–Trinajstić information content (AvgIpc) is 2.86. The van der Waals surface area contributed by atoms with Gasteiger partial charge in [-0.2, -0.15) is 0 Å². The molecule has 0 aromatic heterocycles. The van der Waals surface area contributed by atoms with Gasteiger partial charge in [-0.05, 0) is 80.4 Å². The summed E-state index contributed by atoms with van der Waals surface area (Å²) >= 11 is 0. The van der Waals surface area contributed by atoms with Gasteiger partial charge in [-0.1, -0.05) is 32.0 Å². The van der Waals surface area contributed by atoms with Crippen molar-refractivity contribution in [3.63, 3.8) is 0 Å². The molecule has 184 valence electrons. The first-order valence-corrected chi connectivity index (χ1v) is 12.6. The molecule has 0 unspecified atom stereocenters. The Morgan fingerprint density at radius 3 is 2.26 bits per heavy atom. The molecule has 1 spiro atoms. The highest BCUT2D eigenvalue weighted by Crippen LogP contribution is 2.41. The van der Waals surface area contributed by atoms with Gasteiger partial charge in [-0.25, -0.2) is 4.79 Å². The molecule has 0 bridgehead atoms. The van der Waals surface area contributed by atoms with E-state index in [9.17, 15) is 4.79 Å². The fourth-order valence-corrected chi connectivity index (χ4v) is 5.02. The topological polar surface area (TPSA) is 54.0 Å². The Morgan fingerprint density at radius 1 is 0.971 bits per heavy atom. The minimum Gasteiger partial charge on any atom is -0.497 e. The predicted octanol–water partition coefficient (Wildman–Crippen LogP) is 5.64. The first-order chi connectivity index (χ1) is 16.5. The Bertz CT molecular complexity index is 926. The van der Waals surface area contributed by atoms with Crippen molar-refractivity contribution in [1.82, 2.24) is 9.80 Å². The quantitative estimate of drug-likeness (QED) is 0.575. The highest BCUT2D eigenvalue weighted by Gasteiger charge is 2.38. The second-order valence-corrected chi connectivity index (χ2v) is 10.2. The Hall–Kier alpha value is -2.73. The Morgan fingerprint density at radius 2 is 1.62 bits per heavy atom. The number of anilines is 1. The van der Waals surface area contributed by atoms with Gasteiger partial charge in [-0.3, -0.25) is 4.90 Å². The maximum absolute atomic E-state index is 12.7. The zero-order valence-electron chi connectivity index (χ0n) is 20.9. The highest BCUT2D eigenvalue weighted by atomic mass is 16.5. The number of amides is 2. The molecule has 0 aliphatic carbocycles. The molecule has 2 amide bonds. The molecule has 2 aromatic rings. The van der Waals surface area contributed by atoms with Crippen molar-refractivity contribution in [3.05, 3.63) is 54.1 Å². The number of likely N-dealkylation sites (tertiary alicyclic amines) is 2. The van der Waals surface area contributed by atoms with Gasteiger partial charge in [0.2, 0.25) is 0 Å². The normalized spacial score (nSPS) is 18.2. The molecule has 2 aromatic carbocycles. The molecule has 2 aliphatic rings. The number of rotatable bonds is 7. The van der Waals surface area contributed by atoms with E-state index in [1.165, 1.54) is 18.4 Å². The molecule has 6 heteroatoms. The number of carbonyl (C=O) groups is 1. The predicted molar refractivity (Wildman–Crippen MR) is 137 cm³/mol. The summed E-state index contributed by atoms with van der Waals surface area (Å²) in [5.74, 6) is 2.33. The van der Waals surface area contributed by atoms with Crippen LogP contribution < -0.4 is 14.8 Å². The number of hydrogen-bond donors (Lipinski definition) is 1. The van der Waals surface area contributed by atoms with Crippen molar-refractivity contribution in [2.75, 3.05) is 45.2 Å². The summed E-state index contributed by atoms with van der Waals surface area (Å²) in [4.78, 5) is 17.3.